The van der Waals surface area contributed by atoms with Gasteiger partial charge in [0.1, 0.15) is 30.3 Å². The van der Waals surface area contributed by atoms with E-state index in [0.29, 0.717) is 30.2 Å². The summed E-state index contributed by atoms with van der Waals surface area (Å²) in [5.41, 5.74) is 1.01. The first-order chi connectivity index (χ1) is 19.7. The van der Waals surface area contributed by atoms with Crippen LogP contribution in [-0.2, 0) is 9.59 Å². The van der Waals surface area contributed by atoms with Crippen LogP contribution in [-0.4, -0.2) is 54.0 Å². The highest BCUT2D eigenvalue weighted by atomic mass is 16.6. The van der Waals surface area contributed by atoms with Crippen LogP contribution in [0, 0.1) is 20.2 Å². The third kappa shape index (κ3) is 7.63. The van der Waals surface area contributed by atoms with Gasteiger partial charge < -0.3 is 14.4 Å². The maximum Gasteiger partial charge on any atom is 0.328 e. The van der Waals surface area contributed by atoms with E-state index in [1.165, 1.54) is 54.6 Å². The number of nitrogens with zero attached hydrogens (tertiary/aromatic N) is 3. The highest BCUT2D eigenvalue weighted by molar-refractivity contribution is 6.31. The largest absolute Gasteiger partial charge is 0.492 e. The van der Waals surface area contributed by atoms with Crippen LogP contribution in [0.1, 0.15) is 5.56 Å². The van der Waals surface area contributed by atoms with Gasteiger partial charge in [0.2, 0.25) is 0 Å². The zero-order valence-electron chi connectivity index (χ0n) is 21.3. The number of nitrogens with one attached hydrogen (secondary N) is 2. The summed E-state index contributed by atoms with van der Waals surface area (Å²) >= 11 is 0. The Labute approximate surface area is 232 Å². The third-order valence-electron chi connectivity index (χ3n) is 5.87. The van der Waals surface area contributed by atoms with E-state index in [4.69, 9.17) is 9.47 Å². The van der Waals surface area contributed by atoms with E-state index >= 15 is 0 Å². The molecule has 1 saturated heterocycles. The van der Waals surface area contributed by atoms with Crippen molar-refractivity contribution in [2.24, 2.45) is 0 Å². The van der Waals surface area contributed by atoms with E-state index in [1.807, 2.05) is 15.5 Å². The minimum absolute atomic E-state index is 0.0489. The molecule has 0 bridgehead atoms. The lowest BCUT2D eigenvalue weighted by Gasteiger charge is -2.25. The van der Waals surface area contributed by atoms with Crippen LogP contribution in [0.25, 0.3) is 6.08 Å². The number of urea groups is 1. The van der Waals surface area contributed by atoms with Gasteiger partial charge in [0.05, 0.1) is 22.9 Å². The number of imide groups is 2. The molecular weight excluding hydrogens is 538 g/mol. The average molecular weight is 562 g/mol. The number of benzene rings is 3. The van der Waals surface area contributed by atoms with Crippen molar-refractivity contribution in [3.63, 3.8) is 0 Å². The summed E-state index contributed by atoms with van der Waals surface area (Å²) in [6.45, 7) is 1.26. The number of hydrogen-bond acceptors (Lipinski definition) is 10. The molecule has 0 atom stereocenters. The summed E-state index contributed by atoms with van der Waals surface area (Å²) in [4.78, 5) is 58.0. The normalized spacial score (nSPS) is 12.7. The lowest BCUT2D eigenvalue weighted by Crippen LogP contribution is -2.51. The Morgan fingerprint density at radius 3 is 1.54 bits per heavy atom. The number of carbonyl (C=O) groups excluding carboxylic acids is 3. The molecule has 0 spiro atoms. The Hall–Kier alpha value is -5.79. The van der Waals surface area contributed by atoms with E-state index in [9.17, 15) is 34.6 Å². The number of ether oxygens (including phenoxy) is 2. The Kier molecular flexibility index (Phi) is 8.84. The summed E-state index contributed by atoms with van der Waals surface area (Å²) in [6, 6.07) is 17.5. The molecule has 14 nitrogen and oxygen atoms in total. The van der Waals surface area contributed by atoms with Gasteiger partial charge in [0, 0.05) is 30.0 Å². The first-order valence-electron chi connectivity index (χ1n) is 12.2. The number of barbiturate groups is 1. The molecule has 0 unspecified atom stereocenters. The van der Waals surface area contributed by atoms with Gasteiger partial charge in [-0.1, -0.05) is 12.1 Å². The molecule has 14 heteroatoms. The topological polar surface area (TPSA) is 183 Å². The fourth-order valence-corrected chi connectivity index (χ4v) is 3.80. The predicted octanol–water partition coefficient (Wildman–Crippen LogP) is 3.22. The monoisotopic (exact) mass is 561 g/mol. The smallest absolute Gasteiger partial charge is 0.328 e. The summed E-state index contributed by atoms with van der Waals surface area (Å²) in [6.07, 6.45) is 1.36. The van der Waals surface area contributed by atoms with E-state index in [2.05, 4.69) is 0 Å². The molecule has 0 radical (unpaired) electrons. The fourth-order valence-electron chi connectivity index (χ4n) is 3.80. The fraction of sp³-hybridized carbons (Fsp3) is 0.148. The number of hydrogen-bond donors (Lipinski definition) is 2. The molecule has 1 fully saturated rings. The van der Waals surface area contributed by atoms with E-state index in [1.54, 1.807) is 24.3 Å². The lowest BCUT2D eigenvalue weighted by atomic mass is 10.1. The van der Waals surface area contributed by atoms with Crippen LogP contribution in [0.2, 0.25) is 0 Å². The summed E-state index contributed by atoms with van der Waals surface area (Å²) in [5, 5.41) is 25.8. The first kappa shape index (κ1) is 28.2. The van der Waals surface area contributed by atoms with Crippen molar-refractivity contribution in [3.05, 3.63) is 104 Å². The van der Waals surface area contributed by atoms with Crippen LogP contribution >= 0.6 is 0 Å². The zero-order valence-corrected chi connectivity index (χ0v) is 21.3. The number of amides is 4. The second-order valence-corrected chi connectivity index (χ2v) is 8.57. The summed E-state index contributed by atoms with van der Waals surface area (Å²) in [5.74, 6) is -0.670. The number of anilines is 1. The SMILES string of the molecule is O=C1NC(=O)C(=Cc2ccc(N(CCOc3ccc([N+](=O)[O-])cc3)CCOc3ccc([N+](=O)[O-])cc3)cc2)C(=O)N1. The van der Waals surface area contributed by atoms with Gasteiger partial charge in [-0.25, -0.2) is 4.79 Å². The minimum atomic E-state index is -0.880. The number of nitro groups is 2. The average Bonchev–Trinajstić information content (AvgIpc) is 2.95. The van der Waals surface area contributed by atoms with Crippen molar-refractivity contribution in [3.8, 4) is 11.5 Å². The van der Waals surface area contributed by atoms with Gasteiger partial charge in [-0.05, 0) is 48.0 Å². The second-order valence-electron chi connectivity index (χ2n) is 8.57. The molecule has 3 aromatic rings. The van der Waals surface area contributed by atoms with E-state index < -0.39 is 27.7 Å². The quantitative estimate of drug-likeness (QED) is 0.144. The Bertz CT molecular complexity index is 1400. The van der Waals surface area contributed by atoms with E-state index in [-0.39, 0.29) is 30.2 Å². The first-order valence-corrected chi connectivity index (χ1v) is 12.2. The Balaban J connectivity index is 1.44. The van der Waals surface area contributed by atoms with Gasteiger partial charge in [0.25, 0.3) is 23.2 Å². The van der Waals surface area contributed by atoms with Crippen molar-refractivity contribution in [1.82, 2.24) is 10.6 Å². The van der Waals surface area contributed by atoms with Crippen molar-refractivity contribution in [2.75, 3.05) is 31.2 Å². The Morgan fingerprint density at radius 1 is 0.683 bits per heavy atom. The van der Waals surface area contributed by atoms with Gasteiger partial charge in [0.15, 0.2) is 0 Å². The van der Waals surface area contributed by atoms with Crippen LogP contribution in [0.5, 0.6) is 11.5 Å². The molecule has 4 amide bonds. The molecule has 1 heterocycles. The van der Waals surface area contributed by atoms with Crippen molar-refractivity contribution < 1.29 is 33.7 Å². The molecule has 0 saturated carbocycles. The van der Waals surface area contributed by atoms with Gasteiger partial charge in [-0.3, -0.25) is 40.5 Å². The zero-order chi connectivity index (χ0) is 29.4. The second kappa shape index (κ2) is 12.8. The molecule has 1 aliphatic rings. The third-order valence-corrected chi connectivity index (χ3v) is 5.87. The van der Waals surface area contributed by atoms with E-state index in [0.717, 1.165) is 5.69 Å². The standard InChI is InChI=1S/C27H23N5O9/c33-25-24(26(34)29-27(35)28-25)17-18-1-3-19(4-2-18)30(13-15-40-22-9-5-20(6-10-22)31(36)37)14-16-41-23-11-7-21(8-12-23)32(38)39/h1-12,17H,13-16H2,(H2,28,29,33,34,35). The number of rotatable bonds is 12. The molecule has 0 aliphatic carbocycles. The van der Waals surface area contributed by atoms with Crippen molar-refractivity contribution in [2.45, 2.75) is 0 Å². The van der Waals surface area contributed by atoms with Crippen molar-refractivity contribution >= 4 is 41.0 Å². The molecule has 1 aliphatic heterocycles. The lowest BCUT2D eigenvalue weighted by molar-refractivity contribution is -0.385. The molecule has 4 rings (SSSR count). The summed E-state index contributed by atoms with van der Waals surface area (Å²) < 4.78 is 11.5. The van der Waals surface area contributed by atoms with Crippen LogP contribution in [0.4, 0.5) is 21.9 Å². The summed E-state index contributed by atoms with van der Waals surface area (Å²) in [7, 11) is 0. The molecule has 0 aromatic heterocycles. The van der Waals surface area contributed by atoms with Gasteiger partial charge >= 0.3 is 6.03 Å². The maximum absolute atomic E-state index is 12.0. The van der Waals surface area contributed by atoms with Crippen LogP contribution in [0.3, 0.4) is 0 Å². The number of non-ortho nitro benzene ring substituents is 2. The number of carbonyl (C=O) groups is 3. The molecule has 2 N–H and O–H groups in total. The van der Waals surface area contributed by atoms with Gasteiger partial charge in [-0.15, -0.1) is 0 Å². The predicted molar refractivity (Wildman–Crippen MR) is 145 cm³/mol. The van der Waals surface area contributed by atoms with Crippen LogP contribution in [0.15, 0.2) is 78.4 Å². The molecular formula is C27H23N5O9. The number of nitro benzene ring substituents is 2. The Morgan fingerprint density at radius 2 is 1.12 bits per heavy atom. The van der Waals surface area contributed by atoms with Crippen molar-refractivity contribution in [1.29, 1.82) is 0 Å². The molecule has 41 heavy (non-hydrogen) atoms. The van der Waals surface area contributed by atoms with Crippen LogP contribution < -0.4 is 25.0 Å². The maximum atomic E-state index is 12.0. The highest BCUT2D eigenvalue weighted by Gasteiger charge is 2.27. The molecule has 210 valence electrons. The highest BCUT2D eigenvalue weighted by Crippen LogP contribution is 2.21. The molecule has 3 aromatic carbocycles. The minimum Gasteiger partial charge on any atom is -0.492 e. The van der Waals surface area contributed by atoms with Gasteiger partial charge in [-0.2, -0.15) is 0 Å².